The number of likely N-dealkylation sites (tertiary alicyclic amines) is 1. The molecule has 0 aliphatic carbocycles. The fourth-order valence-electron chi connectivity index (χ4n) is 3.02. The zero-order valence-corrected chi connectivity index (χ0v) is 15.0. The summed E-state index contributed by atoms with van der Waals surface area (Å²) >= 11 is 0. The minimum Gasteiger partial charge on any atom is -0.465 e. The molecule has 3 amide bonds. The molecule has 8 heteroatoms. The lowest BCUT2D eigenvalue weighted by molar-refractivity contribution is -0.148. The zero-order valence-electron chi connectivity index (χ0n) is 15.0. The van der Waals surface area contributed by atoms with E-state index in [1.54, 1.807) is 6.92 Å². The van der Waals surface area contributed by atoms with E-state index in [0.29, 0.717) is 0 Å². The van der Waals surface area contributed by atoms with Gasteiger partial charge < -0.3 is 9.64 Å². The first kappa shape index (κ1) is 19.6. The second kappa shape index (κ2) is 7.63. The standard InChI is InChI=1S/C18H21FN2O5/c1-4-26-16(24)11-20(2)14(22)9-18(10-15(23)21(3)17(18)25)12-6-5-7-13(19)8-12/h5-8H,4,9-11H2,1-3H3/t18-/m1/s1. The molecule has 1 aliphatic rings. The minimum atomic E-state index is -1.48. The van der Waals surface area contributed by atoms with Crippen molar-refractivity contribution >= 4 is 23.7 Å². The summed E-state index contributed by atoms with van der Waals surface area (Å²) in [5.41, 5.74) is -1.22. The third-order valence-electron chi connectivity index (χ3n) is 4.47. The van der Waals surface area contributed by atoms with Crippen molar-refractivity contribution in [2.24, 2.45) is 0 Å². The molecule has 0 bridgehead atoms. The molecular weight excluding hydrogens is 343 g/mol. The van der Waals surface area contributed by atoms with E-state index in [-0.39, 0.29) is 31.6 Å². The quantitative estimate of drug-likeness (QED) is 0.552. The molecule has 2 rings (SSSR count). The second-order valence-electron chi connectivity index (χ2n) is 6.26. The monoisotopic (exact) mass is 364 g/mol. The first-order chi connectivity index (χ1) is 12.2. The van der Waals surface area contributed by atoms with Crippen LogP contribution >= 0.6 is 0 Å². The van der Waals surface area contributed by atoms with Gasteiger partial charge in [0.25, 0.3) is 0 Å². The van der Waals surface area contributed by atoms with Crippen LogP contribution in [0, 0.1) is 5.82 Å². The van der Waals surface area contributed by atoms with Gasteiger partial charge in [0, 0.05) is 26.9 Å². The van der Waals surface area contributed by atoms with Gasteiger partial charge in [0.05, 0.1) is 12.0 Å². The van der Waals surface area contributed by atoms with E-state index < -0.39 is 34.9 Å². The number of imide groups is 1. The molecule has 1 aliphatic heterocycles. The van der Waals surface area contributed by atoms with Gasteiger partial charge in [0.2, 0.25) is 17.7 Å². The minimum absolute atomic E-state index is 0.186. The number of carbonyl (C=O) groups excluding carboxylic acids is 4. The van der Waals surface area contributed by atoms with E-state index in [1.807, 2.05) is 0 Å². The number of hydrogen-bond donors (Lipinski definition) is 0. The molecule has 0 radical (unpaired) electrons. The maximum atomic E-state index is 13.7. The lowest BCUT2D eigenvalue weighted by atomic mass is 9.75. The van der Waals surface area contributed by atoms with Crippen LogP contribution in [0.1, 0.15) is 25.3 Å². The van der Waals surface area contributed by atoms with Crippen LogP contribution in [0.15, 0.2) is 24.3 Å². The fraction of sp³-hybridized carbons (Fsp3) is 0.444. The Hall–Kier alpha value is -2.77. The van der Waals surface area contributed by atoms with E-state index in [9.17, 15) is 23.6 Å². The number of hydrogen-bond acceptors (Lipinski definition) is 5. The summed E-state index contributed by atoms with van der Waals surface area (Å²) in [4.78, 5) is 51.1. The van der Waals surface area contributed by atoms with E-state index in [0.717, 1.165) is 15.9 Å². The molecule has 0 aromatic heterocycles. The van der Waals surface area contributed by atoms with Crippen LogP contribution in [0.2, 0.25) is 0 Å². The Labute approximate surface area is 150 Å². The average Bonchev–Trinajstić information content (AvgIpc) is 2.80. The molecule has 1 heterocycles. The number of nitrogens with zero attached hydrogens (tertiary/aromatic N) is 2. The highest BCUT2D eigenvalue weighted by Gasteiger charge is 2.53. The largest absolute Gasteiger partial charge is 0.465 e. The van der Waals surface area contributed by atoms with Gasteiger partial charge in [0.1, 0.15) is 12.4 Å². The topological polar surface area (TPSA) is 84.0 Å². The van der Waals surface area contributed by atoms with Crippen molar-refractivity contribution < 1.29 is 28.3 Å². The number of esters is 1. The van der Waals surface area contributed by atoms with Crippen molar-refractivity contribution in [3.8, 4) is 0 Å². The smallest absolute Gasteiger partial charge is 0.325 e. The number of benzene rings is 1. The van der Waals surface area contributed by atoms with Crippen molar-refractivity contribution in [3.05, 3.63) is 35.6 Å². The Bertz CT molecular complexity index is 751. The highest BCUT2D eigenvalue weighted by Crippen LogP contribution is 2.39. The maximum Gasteiger partial charge on any atom is 0.325 e. The molecule has 0 saturated carbocycles. The summed E-state index contributed by atoms with van der Waals surface area (Å²) in [6.45, 7) is 1.56. The van der Waals surface area contributed by atoms with E-state index >= 15 is 0 Å². The molecular formula is C18H21FN2O5. The lowest BCUT2D eigenvalue weighted by Gasteiger charge is -2.28. The van der Waals surface area contributed by atoms with Crippen molar-refractivity contribution in [1.82, 2.24) is 9.80 Å². The SMILES string of the molecule is CCOC(=O)CN(C)C(=O)C[C@]1(c2cccc(F)c2)CC(=O)N(C)C1=O. The van der Waals surface area contributed by atoms with Gasteiger partial charge in [-0.2, -0.15) is 0 Å². The Balaban J connectivity index is 2.32. The molecule has 0 N–H and O–H groups in total. The number of halogens is 1. The van der Waals surface area contributed by atoms with E-state index in [4.69, 9.17) is 4.74 Å². The first-order valence-electron chi connectivity index (χ1n) is 8.18. The van der Waals surface area contributed by atoms with Crippen molar-refractivity contribution in [3.63, 3.8) is 0 Å². The first-order valence-corrected chi connectivity index (χ1v) is 8.18. The van der Waals surface area contributed by atoms with Crippen LogP contribution in [-0.2, 0) is 29.3 Å². The van der Waals surface area contributed by atoms with Gasteiger partial charge in [-0.25, -0.2) is 4.39 Å². The van der Waals surface area contributed by atoms with Crippen LogP contribution in [0.25, 0.3) is 0 Å². The molecule has 7 nitrogen and oxygen atoms in total. The summed E-state index contributed by atoms with van der Waals surface area (Å²) in [7, 11) is 2.74. The second-order valence-corrected chi connectivity index (χ2v) is 6.26. The van der Waals surface area contributed by atoms with Crippen molar-refractivity contribution in [2.45, 2.75) is 25.2 Å². The molecule has 26 heavy (non-hydrogen) atoms. The van der Waals surface area contributed by atoms with Crippen LogP contribution in [0.5, 0.6) is 0 Å². The molecule has 1 aromatic rings. The zero-order chi connectivity index (χ0) is 19.5. The van der Waals surface area contributed by atoms with Crippen LogP contribution < -0.4 is 0 Å². The van der Waals surface area contributed by atoms with Gasteiger partial charge in [0.15, 0.2) is 0 Å². The summed E-state index contributed by atoms with van der Waals surface area (Å²) in [6.07, 6.45) is -0.577. The Morgan fingerprint density at radius 2 is 2.04 bits per heavy atom. The Morgan fingerprint density at radius 1 is 1.35 bits per heavy atom. The molecule has 1 fully saturated rings. The van der Waals surface area contributed by atoms with Gasteiger partial charge in [-0.15, -0.1) is 0 Å². The Kier molecular flexibility index (Phi) is 5.74. The summed E-state index contributed by atoms with van der Waals surface area (Å²) in [6, 6.07) is 5.32. The Morgan fingerprint density at radius 3 is 2.58 bits per heavy atom. The molecule has 1 saturated heterocycles. The predicted molar refractivity (Wildman–Crippen MR) is 89.4 cm³/mol. The highest BCUT2D eigenvalue weighted by molar-refractivity contribution is 6.10. The van der Waals surface area contributed by atoms with Crippen LogP contribution in [-0.4, -0.2) is 60.7 Å². The number of likely N-dealkylation sites (N-methyl/N-ethyl adjacent to an activating group) is 2. The molecule has 0 spiro atoms. The van der Waals surface area contributed by atoms with Gasteiger partial charge >= 0.3 is 5.97 Å². The van der Waals surface area contributed by atoms with Gasteiger partial charge in [-0.05, 0) is 24.6 Å². The number of amides is 3. The molecule has 1 atom stereocenters. The normalized spacial score (nSPS) is 19.6. The number of rotatable bonds is 6. The van der Waals surface area contributed by atoms with E-state index in [2.05, 4.69) is 0 Å². The van der Waals surface area contributed by atoms with Gasteiger partial charge in [-0.1, -0.05) is 12.1 Å². The summed E-state index contributed by atoms with van der Waals surface area (Å²) < 4.78 is 18.5. The highest BCUT2D eigenvalue weighted by atomic mass is 19.1. The van der Waals surface area contributed by atoms with Crippen molar-refractivity contribution in [2.75, 3.05) is 27.2 Å². The fourth-order valence-corrected chi connectivity index (χ4v) is 3.02. The average molecular weight is 364 g/mol. The molecule has 140 valence electrons. The summed E-state index contributed by atoms with van der Waals surface area (Å²) in [5.74, 6) is -2.66. The van der Waals surface area contributed by atoms with Crippen LogP contribution in [0.4, 0.5) is 4.39 Å². The molecule has 0 unspecified atom stereocenters. The van der Waals surface area contributed by atoms with Crippen molar-refractivity contribution in [1.29, 1.82) is 0 Å². The molecule has 1 aromatic carbocycles. The third kappa shape index (κ3) is 3.74. The predicted octanol–water partition coefficient (Wildman–Crippen LogP) is 0.864. The number of ether oxygens (including phenoxy) is 1. The lowest BCUT2D eigenvalue weighted by Crippen LogP contribution is -2.43. The number of carbonyl (C=O) groups is 4. The van der Waals surface area contributed by atoms with Gasteiger partial charge in [-0.3, -0.25) is 24.1 Å². The van der Waals surface area contributed by atoms with E-state index in [1.165, 1.54) is 32.3 Å². The third-order valence-corrected chi connectivity index (χ3v) is 4.47. The maximum absolute atomic E-state index is 13.7. The summed E-state index contributed by atoms with van der Waals surface area (Å²) in [5, 5.41) is 0. The van der Waals surface area contributed by atoms with Crippen LogP contribution in [0.3, 0.4) is 0 Å².